The maximum atomic E-state index is 12.2. The van der Waals surface area contributed by atoms with Crippen LogP contribution in [0.25, 0.3) is 27.8 Å². The van der Waals surface area contributed by atoms with E-state index in [4.69, 9.17) is 0 Å². The van der Waals surface area contributed by atoms with Gasteiger partial charge in [0.15, 0.2) is 0 Å². The third-order valence-corrected chi connectivity index (χ3v) is 7.72. The molecular weight excluding hydrogens is 466 g/mol. The molecule has 9 nitrogen and oxygen atoms in total. The number of benzene rings is 1. The SMILES string of the molecule is CC(C)C(O)C(=O)N[C@H]1C2CN(c3ccc(-c4cc(-c5cnn(C)c5)cn5ncc(C#N)c45)cc3)C[C@@H]21. The zero-order chi connectivity index (χ0) is 25.8. The van der Waals surface area contributed by atoms with Crippen molar-refractivity contribution in [3.8, 4) is 28.3 Å². The number of aromatic nitrogens is 4. The molecule has 2 fully saturated rings. The normalized spacial score (nSPS) is 21.2. The molecule has 1 aliphatic carbocycles. The molecule has 3 aromatic heterocycles. The van der Waals surface area contributed by atoms with Gasteiger partial charge in [-0.2, -0.15) is 15.5 Å². The van der Waals surface area contributed by atoms with Crippen molar-refractivity contribution in [3.63, 3.8) is 0 Å². The maximum Gasteiger partial charge on any atom is 0.249 e. The lowest BCUT2D eigenvalue weighted by Gasteiger charge is -2.23. The summed E-state index contributed by atoms with van der Waals surface area (Å²) in [6.45, 7) is 5.46. The molecule has 1 amide bonds. The number of aliphatic hydroxyl groups is 1. The highest BCUT2D eigenvalue weighted by molar-refractivity contribution is 5.88. The van der Waals surface area contributed by atoms with E-state index in [1.54, 1.807) is 15.4 Å². The maximum absolute atomic E-state index is 12.2. The Morgan fingerprint density at radius 2 is 1.81 bits per heavy atom. The minimum absolute atomic E-state index is 0.0910. The van der Waals surface area contributed by atoms with Gasteiger partial charge in [-0.3, -0.25) is 9.48 Å². The summed E-state index contributed by atoms with van der Waals surface area (Å²) in [7, 11) is 1.89. The van der Waals surface area contributed by atoms with Crippen molar-refractivity contribution >= 4 is 17.1 Å². The number of nitrogens with zero attached hydrogens (tertiary/aromatic N) is 6. The number of hydrogen-bond acceptors (Lipinski definition) is 6. The molecule has 0 radical (unpaired) electrons. The van der Waals surface area contributed by atoms with Gasteiger partial charge in [0.2, 0.25) is 5.91 Å². The second-order valence-corrected chi connectivity index (χ2v) is 10.5. The molecule has 2 unspecified atom stereocenters. The van der Waals surface area contributed by atoms with Crippen LogP contribution in [0.4, 0.5) is 5.69 Å². The first-order valence-electron chi connectivity index (χ1n) is 12.6. The van der Waals surface area contributed by atoms with Crippen molar-refractivity contribution in [2.24, 2.45) is 24.8 Å². The van der Waals surface area contributed by atoms with Crippen LogP contribution in [0, 0.1) is 29.1 Å². The average Bonchev–Trinajstić information content (AvgIpc) is 3.36. The lowest BCUT2D eigenvalue weighted by atomic mass is 10.00. The second-order valence-electron chi connectivity index (χ2n) is 10.5. The van der Waals surface area contributed by atoms with E-state index in [2.05, 4.69) is 56.8 Å². The first-order valence-corrected chi connectivity index (χ1v) is 12.6. The third kappa shape index (κ3) is 4.03. The number of aliphatic hydroxyl groups excluding tert-OH is 1. The van der Waals surface area contributed by atoms with E-state index in [-0.39, 0.29) is 17.9 Å². The highest BCUT2D eigenvalue weighted by Crippen LogP contribution is 2.47. The van der Waals surface area contributed by atoms with Gasteiger partial charge in [-0.05, 0) is 29.7 Å². The lowest BCUT2D eigenvalue weighted by molar-refractivity contribution is -0.131. The van der Waals surface area contributed by atoms with Gasteiger partial charge in [0.25, 0.3) is 0 Å². The van der Waals surface area contributed by atoms with Gasteiger partial charge < -0.3 is 15.3 Å². The quantitative estimate of drug-likeness (QED) is 0.426. The average molecular weight is 496 g/mol. The fourth-order valence-electron chi connectivity index (χ4n) is 5.51. The molecule has 2 N–H and O–H groups in total. The van der Waals surface area contributed by atoms with Gasteiger partial charge in [0.1, 0.15) is 12.2 Å². The van der Waals surface area contributed by atoms with Gasteiger partial charge >= 0.3 is 0 Å². The summed E-state index contributed by atoms with van der Waals surface area (Å²) in [4.78, 5) is 14.6. The largest absolute Gasteiger partial charge is 0.383 e. The van der Waals surface area contributed by atoms with Crippen LogP contribution < -0.4 is 10.2 Å². The number of nitriles is 1. The monoisotopic (exact) mass is 495 g/mol. The molecule has 188 valence electrons. The fourth-order valence-corrected chi connectivity index (χ4v) is 5.51. The van der Waals surface area contributed by atoms with E-state index < -0.39 is 6.10 Å². The van der Waals surface area contributed by atoms with E-state index in [1.807, 2.05) is 39.5 Å². The number of carbonyl (C=O) groups excluding carboxylic acids is 1. The number of rotatable bonds is 6. The first kappa shape index (κ1) is 23.3. The predicted octanol–water partition coefficient (Wildman–Crippen LogP) is 2.84. The zero-order valence-corrected chi connectivity index (χ0v) is 21.0. The highest BCUT2D eigenvalue weighted by atomic mass is 16.3. The van der Waals surface area contributed by atoms with Crippen molar-refractivity contribution < 1.29 is 9.90 Å². The van der Waals surface area contributed by atoms with Crippen LogP contribution in [-0.2, 0) is 11.8 Å². The zero-order valence-electron chi connectivity index (χ0n) is 21.0. The number of nitrogens with one attached hydrogen (secondary N) is 1. The van der Waals surface area contributed by atoms with Crippen molar-refractivity contribution in [2.45, 2.75) is 26.0 Å². The number of anilines is 1. The molecule has 4 heterocycles. The molecule has 4 atom stereocenters. The Bertz CT molecular complexity index is 1520. The molecule has 4 aromatic rings. The summed E-state index contributed by atoms with van der Waals surface area (Å²) in [6, 6.07) is 12.9. The molecule has 1 saturated carbocycles. The van der Waals surface area contributed by atoms with E-state index in [9.17, 15) is 15.2 Å². The van der Waals surface area contributed by atoms with Crippen LogP contribution in [-0.4, -0.2) is 55.6 Å². The number of fused-ring (bicyclic) bond motifs is 2. The summed E-state index contributed by atoms with van der Waals surface area (Å²) < 4.78 is 3.53. The molecule has 37 heavy (non-hydrogen) atoms. The van der Waals surface area contributed by atoms with Crippen LogP contribution in [0.3, 0.4) is 0 Å². The molecule has 2 aliphatic rings. The minimum atomic E-state index is -0.953. The summed E-state index contributed by atoms with van der Waals surface area (Å²) in [5.74, 6) is 0.487. The molecule has 1 aliphatic heterocycles. The Morgan fingerprint density at radius 1 is 1.08 bits per heavy atom. The summed E-state index contributed by atoms with van der Waals surface area (Å²) in [5.41, 5.74) is 6.36. The standard InChI is InChI=1S/C28H29N7O2/c1-16(2)27(36)28(37)32-25-23-14-34(15-24(23)25)21-6-4-17(5-7-21)22-8-18(20-11-30-33(3)12-20)13-35-26(22)19(9-29)10-31-35/h4-8,10-13,16,23-25,27,36H,14-15H2,1-3H3,(H,32,37)/t23-,24?,25+,27?/m0/s1. The second kappa shape index (κ2) is 8.75. The number of carbonyl (C=O) groups is 1. The smallest absolute Gasteiger partial charge is 0.249 e. The summed E-state index contributed by atoms with van der Waals surface area (Å²) in [5, 5.41) is 31.4. The Labute approximate surface area is 214 Å². The van der Waals surface area contributed by atoms with Gasteiger partial charge in [0, 0.05) is 72.8 Å². The van der Waals surface area contributed by atoms with Crippen molar-refractivity contribution in [3.05, 3.63) is 60.7 Å². The topological polar surface area (TPSA) is 111 Å². The van der Waals surface area contributed by atoms with Crippen LogP contribution >= 0.6 is 0 Å². The van der Waals surface area contributed by atoms with Crippen molar-refractivity contribution in [1.82, 2.24) is 24.7 Å². The van der Waals surface area contributed by atoms with Crippen LogP contribution in [0.2, 0.25) is 0 Å². The highest BCUT2D eigenvalue weighted by Gasteiger charge is 2.56. The first-order chi connectivity index (χ1) is 17.8. The number of piperidine rings is 1. The summed E-state index contributed by atoms with van der Waals surface area (Å²) in [6.07, 6.45) is 6.36. The molecule has 0 spiro atoms. The predicted molar refractivity (Wildman–Crippen MR) is 140 cm³/mol. The van der Waals surface area contributed by atoms with Crippen LogP contribution in [0.1, 0.15) is 19.4 Å². The van der Waals surface area contributed by atoms with E-state index >= 15 is 0 Å². The molecular formula is C28H29N7O2. The van der Waals surface area contributed by atoms with Gasteiger partial charge in [-0.15, -0.1) is 0 Å². The number of pyridine rings is 1. The Hall–Kier alpha value is -4.16. The number of aryl methyl sites for hydroxylation is 1. The summed E-state index contributed by atoms with van der Waals surface area (Å²) >= 11 is 0. The Morgan fingerprint density at radius 3 is 2.43 bits per heavy atom. The molecule has 1 aromatic carbocycles. The van der Waals surface area contributed by atoms with Crippen molar-refractivity contribution in [2.75, 3.05) is 18.0 Å². The molecule has 6 rings (SSSR count). The van der Waals surface area contributed by atoms with E-state index in [0.717, 1.165) is 46.5 Å². The Balaban J connectivity index is 1.22. The van der Waals surface area contributed by atoms with E-state index in [0.29, 0.717) is 17.4 Å². The lowest BCUT2D eigenvalue weighted by Crippen LogP contribution is -2.42. The van der Waals surface area contributed by atoms with Crippen LogP contribution in [0.5, 0.6) is 0 Å². The van der Waals surface area contributed by atoms with Gasteiger partial charge in [0.05, 0.1) is 23.5 Å². The molecule has 9 heteroatoms. The van der Waals surface area contributed by atoms with E-state index in [1.165, 1.54) is 0 Å². The molecule has 0 bridgehead atoms. The van der Waals surface area contributed by atoms with Crippen molar-refractivity contribution in [1.29, 1.82) is 5.26 Å². The Kier molecular flexibility index (Phi) is 5.50. The third-order valence-electron chi connectivity index (χ3n) is 7.72. The number of amides is 1. The van der Waals surface area contributed by atoms with Gasteiger partial charge in [-0.1, -0.05) is 26.0 Å². The van der Waals surface area contributed by atoms with Gasteiger partial charge in [-0.25, -0.2) is 4.52 Å². The van der Waals surface area contributed by atoms with Crippen LogP contribution in [0.15, 0.2) is 55.1 Å². The minimum Gasteiger partial charge on any atom is -0.383 e. The molecule has 1 saturated heterocycles. The fraction of sp³-hybridized carbons (Fsp3) is 0.357. The number of hydrogen-bond donors (Lipinski definition) is 2.